The Kier molecular flexibility index (Phi) is 5.76. The van der Waals surface area contributed by atoms with E-state index in [1.807, 2.05) is 6.92 Å². The van der Waals surface area contributed by atoms with E-state index in [1.165, 1.54) is 25.5 Å². The van der Waals surface area contributed by atoms with Gasteiger partial charge in [0.05, 0.1) is 27.5 Å². The molecule has 2 aliphatic rings. The van der Waals surface area contributed by atoms with Crippen molar-refractivity contribution in [2.45, 2.75) is 57.4 Å². The third-order valence-electron chi connectivity index (χ3n) is 7.66. The lowest BCUT2D eigenvalue weighted by atomic mass is 9.85. The average Bonchev–Trinajstić information content (AvgIpc) is 3.16. The van der Waals surface area contributed by atoms with Crippen molar-refractivity contribution in [3.63, 3.8) is 0 Å². The molecule has 2 fully saturated rings. The van der Waals surface area contributed by atoms with E-state index in [0.717, 1.165) is 30.6 Å². The van der Waals surface area contributed by atoms with Gasteiger partial charge < -0.3 is 4.57 Å². The number of H-pyrrole nitrogens is 1. The van der Waals surface area contributed by atoms with Crippen molar-refractivity contribution in [3.05, 3.63) is 45.9 Å². The van der Waals surface area contributed by atoms with E-state index >= 15 is 0 Å². The van der Waals surface area contributed by atoms with Crippen LogP contribution < -0.4 is 5.76 Å². The van der Waals surface area contributed by atoms with Crippen LogP contribution in [0.15, 0.2) is 33.8 Å². The molecule has 0 bridgehead atoms. The molecule has 4 aromatic heterocycles. The van der Waals surface area contributed by atoms with E-state index < -0.39 is 15.6 Å². The van der Waals surface area contributed by atoms with E-state index in [0.29, 0.717) is 27.5 Å². The van der Waals surface area contributed by atoms with Crippen LogP contribution in [0.3, 0.4) is 0 Å². The number of pyridine rings is 2. The maximum absolute atomic E-state index is 12.3. The Morgan fingerprint density at radius 1 is 1.22 bits per heavy atom. The first-order chi connectivity index (χ1) is 17.6. The summed E-state index contributed by atoms with van der Waals surface area (Å²) in [6.45, 7) is 1.90. The second-order valence-electron chi connectivity index (χ2n) is 10.5. The zero-order valence-electron chi connectivity index (χ0n) is 20.6. The summed E-state index contributed by atoms with van der Waals surface area (Å²) in [4.78, 5) is 28.3. The van der Waals surface area contributed by atoms with Crippen LogP contribution in [0.5, 0.6) is 0 Å². The van der Waals surface area contributed by atoms with Crippen molar-refractivity contribution in [1.29, 1.82) is 0 Å². The molecule has 4 aromatic rings. The van der Waals surface area contributed by atoms with Crippen molar-refractivity contribution in [2.24, 2.45) is 5.41 Å². The van der Waals surface area contributed by atoms with Gasteiger partial charge in [0, 0.05) is 36.2 Å². The van der Waals surface area contributed by atoms with E-state index in [2.05, 4.69) is 19.7 Å². The molecule has 2 unspecified atom stereocenters. The number of halogens is 1. The Hall–Kier alpha value is -3.05. The van der Waals surface area contributed by atoms with Gasteiger partial charge in [-0.1, -0.05) is 42.9 Å². The smallest absolute Gasteiger partial charge is 0.322 e. The second kappa shape index (κ2) is 8.76. The summed E-state index contributed by atoms with van der Waals surface area (Å²) in [5.41, 5.74) is 3.30. The van der Waals surface area contributed by atoms with Gasteiger partial charge in [-0.2, -0.15) is 0 Å². The van der Waals surface area contributed by atoms with Gasteiger partial charge in [-0.15, -0.1) is 0 Å². The number of aromatic amines is 1. The highest BCUT2D eigenvalue weighted by Crippen LogP contribution is 2.65. The van der Waals surface area contributed by atoms with Gasteiger partial charge >= 0.3 is 5.76 Å². The molecule has 194 valence electrons. The number of hydrogen-bond donors (Lipinski definition) is 1. The van der Waals surface area contributed by atoms with Gasteiger partial charge in [0.2, 0.25) is 5.82 Å². The third-order valence-corrected chi connectivity index (χ3v) is 8.97. The van der Waals surface area contributed by atoms with E-state index in [1.54, 1.807) is 24.5 Å². The van der Waals surface area contributed by atoms with Gasteiger partial charge in [-0.05, 0) is 36.8 Å². The predicted octanol–water partition coefficient (Wildman–Crippen LogP) is 4.53. The van der Waals surface area contributed by atoms with E-state index in [9.17, 15) is 13.2 Å². The quantitative estimate of drug-likeness (QED) is 0.375. The first-order valence-electron chi connectivity index (χ1n) is 12.4. The average molecular weight is 543 g/mol. The fourth-order valence-electron chi connectivity index (χ4n) is 6.02. The molecule has 2 atom stereocenters. The van der Waals surface area contributed by atoms with Crippen molar-refractivity contribution in [1.82, 2.24) is 29.7 Å². The Bertz CT molecular complexity index is 1670. The molecule has 2 aliphatic carbocycles. The molecule has 0 saturated heterocycles. The molecule has 12 heteroatoms. The van der Waals surface area contributed by atoms with Crippen LogP contribution in [0, 0.1) is 5.41 Å². The molecule has 37 heavy (non-hydrogen) atoms. The SMILES string of the molecule is CC(CS(C)(=O)=O)c1nc2cc(-c3noc(=O)[nH]3)nc(-c3cncc(Cl)c3)c2n1C1CC12CCCCC2. The summed E-state index contributed by atoms with van der Waals surface area (Å²) >= 11 is 6.31. The van der Waals surface area contributed by atoms with Gasteiger partial charge in [0.25, 0.3) is 0 Å². The molecule has 6 rings (SSSR count). The molecule has 4 heterocycles. The van der Waals surface area contributed by atoms with Crippen LogP contribution in [-0.2, 0) is 9.84 Å². The lowest BCUT2D eigenvalue weighted by Crippen LogP contribution is -2.18. The molecule has 0 aliphatic heterocycles. The zero-order valence-corrected chi connectivity index (χ0v) is 22.1. The molecule has 0 radical (unpaired) electrons. The molecule has 0 aromatic carbocycles. The summed E-state index contributed by atoms with van der Waals surface area (Å²) < 4.78 is 31.5. The molecule has 1 spiro atoms. The summed E-state index contributed by atoms with van der Waals surface area (Å²) in [6.07, 6.45) is 11.5. The molecule has 10 nitrogen and oxygen atoms in total. The number of nitrogens with zero attached hydrogens (tertiary/aromatic N) is 5. The Morgan fingerprint density at radius 3 is 2.68 bits per heavy atom. The lowest BCUT2D eigenvalue weighted by Gasteiger charge is -2.24. The highest BCUT2D eigenvalue weighted by atomic mass is 35.5. The summed E-state index contributed by atoms with van der Waals surface area (Å²) in [5, 5.41) is 4.27. The predicted molar refractivity (Wildman–Crippen MR) is 139 cm³/mol. The summed E-state index contributed by atoms with van der Waals surface area (Å²) in [7, 11) is -3.24. The zero-order chi connectivity index (χ0) is 25.9. The van der Waals surface area contributed by atoms with Crippen LogP contribution in [-0.4, -0.2) is 50.1 Å². The van der Waals surface area contributed by atoms with Gasteiger partial charge in [0.1, 0.15) is 21.4 Å². The number of imidazole rings is 1. The highest BCUT2D eigenvalue weighted by Gasteiger charge is 2.56. The Morgan fingerprint density at radius 2 is 2.00 bits per heavy atom. The first-order valence-corrected chi connectivity index (χ1v) is 14.9. The van der Waals surface area contributed by atoms with Crippen molar-refractivity contribution in [3.8, 4) is 22.8 Å². The second-order valence-corrected chi connectivity index (χ2v) is 13.2. The lowest BCUT2D eigenvalue weighted by molar-refractivity contribution is 0.306. The Balaban J connectivity index is 1.63. The van der Waals surface area contributed by atoms with Gasteiger partial charge in [-0.3, -0.25) is 14.5 Å². The minimum Gasteiger partial charge on any atom is -0.322 e. The van der Waals surface area contributed by atoms with Crippen molar-refractivity contribution < 1.29 is 12.9 Å². The monoisotopic (exact) mass is 542 g/mol. The minimum atomic E-state index is -3.24. The van der Waals surface area contributed by atoms with Gasteiger partial charge in [-0.25, -0.2) is 23.2 Å². The van der Waals surface area contributed by atoms with Crippen molar-refractivity contribution in [2.75, 3.05) is 12.0 Å². The normalized spacial score (nSPS) is 19.9. The van der Waals surface area contributed by atoms with Crippen LogP contribution >= 0.6 is 11.6 Å². The maximum atomic E-state index is 12.3. The number of aromatic nitrogens is 6. The topological polar surface area (TPSA) is 137 Å². The van der Waals surface area contributed by atoms with E-state index in [-0.39, 0.29) is 29.0 Å². The standard InChI is InChI=1S/C25H27ClN6O4S/c1-14(13-37(2,34)35)23-29-17-9-18(22-30-24(33)36-31-22)28-20(15-8-16(26)12-27-11-15)21(17)32(23)19-10-25(19)6-4-3-5-7-25/h8-9,11-12,14,19H,3-7,10,13H2,1-2H3,(H,30,31,33). The third kappa shape index (κ3) is 4.48. The maximum Gasteiger partial charge on any atom is 0.439 e. The summed E-state index contributed by atoms with van der Waals surface area (Å²) in [5.74, 6) is -0.131. The van der Waals surface area contributed by atoms with Crippen LogP contribution in [0.1, 0.15) is 63.2 Å². The molecule has 2 saturated carbocycles. The molecule has 0 amide bonds. The van der Waals surface area contributed by atoms with E-state index in [4.69, 9.17) is 26.1 Å². The molecular weight excluding hydrogens is 516 g/mol. The van der Waals surface area contributed by atoms with Crippen LogP contribution in [0.2, 0.25) is 5.02 Å². The first kappa shape index (κ1) is 24.3. The number of rotatable bonds is 6. The number of nitrogens with one attached hydrogen (secondary N) is 1. The molecular formula is C25H27ClN6O4S. The number of sulfone groups is 1. The number of hydrogen-bond acceptors (Lipinski definition) is 8. The Labute approximate surface area is 218 Å². The fourth-order valence-corrected chi connectivity index (χ4v) is 7.25. The van der Waals surface area contributed by atoms with Crippen LogP contribution in [0.4, 0.5) is 0 Å². The minimum absolute atomic E-state index is 0.0129. The largest absolute Gasteiger partial charge is 0.439 e. The number of fused-ring (bicyclic) bond motifs is 1. The highest BCUT2D eigenvalue weighted by molar-refractivity contribution is 7.90. The van der Waals surface area contributed by atoms with Crippen LogP contribution in [0.25, 0.3) is 33.8 Å². The van der Waals surface area contributed by atoms with Crippen molar-refractivity contribution >= 4 is 32.5 Å². The fraction of sp³-hybridized carbons (Fsp3) is 0.480. The summed E-state index contributed by atoms with van der Waals surface area (Å²) in [6, 6.07) is 3.75. The van der Waals surface area contributed by atoms with Gasteiger partial charge in [0.15, 0.2) is 0 Å². The molecule has 1 N–H and O–H groups in total.